The summed E-state index contributed by atoms with van der Waals surface area (Å²) in [4.78, 5) is 4.47. The molecule has 1 unspecified atom stereocenters. The van der Waals surface area contributed by atoms with Crippen molar-refractivity contribution in [1.29, 1.82) is 0 Å². The highest BCUT2D eigenvalue weighted by Crippen LogP contribution is 2.39. The van der Waals surface area contributed by atoms with Crippen LogP contribution in [0.2, 0.25) is 0 Å². The highest BCUT2D eigenvalue weighted by molar-refractivity contribution is 7.91. The lowest BCUT2D eigenvalue weighted by Crippen LogP contribution is -2.44. The van der Waals surface area contributed by atoms with Gasteiger partial charge in [-0.1, -0.05) is 17.6 Å². The van der Waals surface area contributed by atoms with Crippen LogP contribution < -0.4 is 5.73 Å². The highest BCUT2D eigenvalue weighted by Gasteiger charge is 2.42. The van der Waals surface area contributed by atoms with E-state index in [9.17, 15) is 8.42 Å². The van der Waals surface area contributed by atoms with Crippen molar-refractivity contribution in [2.45, 2.75) is 54.3 Å². The first-order chi connectivity index (χ1) is 11.5. The van der Waals surface area contributed by atoms with E-state index in [2.05, 4.69) is 10.1 Å². The number of sulfonamides is 1. The fourth-order valence-corrected chi connectivity index (χ4v) is 6.09. The van der Waals surface area contributed by atoms with E-state index in [4.69, 9.17) is 10.3 Å². The summed E-state index contributed by atoms with van der Waals surface area (Å²) in [5, 5.41) is 5.80. The Hall–Kier alpha value is -1.29. The van der Waals surface area contributed by atoms with Crippen LogP contribution in [0.4, 0.5) is 0 Å². The molecule has 24 heavy (non-hydrogen) atoms. The van der Waals surface area contributed by atoms with Crippen molar-refractivity contribution >= 4 is 21.4 Å². The fourth-order valence-electron chi connectivity index (χ4n) is 3.32. The van der Waals surface area contributed by atoms with Gasteiger partial charge in [0.25, 0.3) is 10.0 Å². The molecule has 3 heterocycles. The Morgan fingerprint density at radius 1 is 1.33 bits per heavy atom. The Morgan fingerprint density at radius 2 is 2.17 bits per heavy atom. The number of hydrogen-bond donors (Lipinski definition) is 1. The van der Waals surface area contributed by atoms with E-state index < -0.39 is 21.6 Å². The Morgan fingerprint density at radius 3 is 2.83 bits per heavy atom. The second-order valence-corrected chi connectivity index (χ2v) is 9.59. The smallest absolute Gasteiger partial charge is 0.253 e. The first-order valence-corrected chi connectivity index (χ1v) is 10.5. The van der Waals surface area contributed by atoms with E-state index in [1.807, 2.05) is 0 Å². The van der Waals surface area contributed by atoms with Gasteiger partial charge in [0.15, 0.2) is 5.82 Å². The van der Waals surface area contributed by atoms with Gasteiger partial charge < -0.3 is 10.3 Å². The lowest BCUT2D eigenvalue weighted by Gasteiger charge is -2.34. The summed E-state index contributed by atoms with van der Waals surface area (Å²) in [6.45, 7) is 0.469. The minimum absolute atomic E-state index is 0.350. The number of rotatable bonds is 4. The number of hydrogen-bond acceptors (Lipinski definition) is 7. The van der Waals surface area contributed by atoms with E-state index in [-0.39, 0.29) is 0 Å². The number of nitrogens with two attached hydrogens (primary N) is 1. The van der Waals surface area contributed by atoms with Crippen LogP contribution in [0, 0.1) is 0 Å². The summed E-state index contributed by atoms with van der Waals surface area (Å²) >= 11 is 1.23. The molecule has 0 amide bonds. The molecule has 1 aliphatic carbocycles. The maximum absolute atomic E-state index is 12.9. The number of aromatic nitrogens is 2. The van der Waals surface area contributed by atoms with Crippen molar-refractivity contribution < 1.29 is 12.9 Å². The molecule has 7 nitrogen and oxygen atoms in total. The average Bonchev–Trinajstić information content (AvgIpc) is 3.24. The van der Waals surface area contributed by atoms with Gasteiger partial charge in [0.2, 0.25) is 5.89 Å². The van der Waals surface area contributed by atoms with Gasteiger partial charge in [-0.25, -0.2) is 8.42 Å². The SMILES string of the molecule is NC1(c2noc(C3CCCCN3S(=O)(=O)c3cccs3)n2)CCC1. The topological polar surface area (TPSA) is 102 Å². The van der Waals surface area contributed by atoms with Crippen LogP contribution in [0.25, 0.3) is 0 Å². The number of thiophene rings is 1. The Labute approximate surface area is 144 Å². The van der Waals surface area contributed by atoms with Gasteiger partial charge >= 0.3 is 0 Å². The zero-order valence-electron chi connectivity index (χ0n) is 13.2. The molecule has 2 aliphatic rings. The van der Waals surface area contributed by atoms with Gasteiger partial charge in [0.1, 0.15) is 10.3 Å². The van der Waals surface area contributed by atoms with Crippen LogP contribution in [-0.4, -0.2) is 29.4 Å². The van der Waals surface area contributed by atoms with Crippen LogP contribution in [-0.2, 0) is 15.6 Å². The average molecular weight is 368 g/mol. The minimum atomic E-state index is -3.54. The van der Waals surface area contributed by atoms with E-state index in [0.717, 1.165) is 32.1 Å². The maximum atomic E-state index is 12.9. The molecule has 2 N–H and O–H groups in total. The first kappa shape index (κ1) is 16.2. The maximum Gasteiger partial charge on any atom is 0.253 e. The molecule has 4 rings (SSSR count). The molecule has 1 aliphatic heterocycles. The molecule has 130 valence electrons. The second kappa shape index (κ2) is 5.91. The van der Waals surface area contributed by atoms with Crippen molar-refractivity contribution in [2.75, 3.05) is 6.54 Å². The van der Waals surface area contributed by atoms with Gasteiger partial charge in [-0.2, -0.15) is 9.29 Å². The molecule has 9 heteroatoms. The summed E-state index contributed by atoms with van der Waals surface area (Å²) in [5.74, 6) is 0.865. The summed E-state index contributed by atoms with van der Waals surface area (Å²) in [6.07, 6.45) is 5.20. The summed E-state index contributed by atoms with van der Waals surface area (Å²) < 4.78 is 33.1. The zero-order chi connectivity index (χ0) is 16.8. The third-order valence-corrected chi connectivity index (χ3v) is 8.21. The van der Waals surface area contributed by atoms with Crippen molar-refractivity contribution in [3.05, 3.63) is 29.2 Å². The molecule has 1 saturated heterocycles. The molecule has 0 spiro atoms. The third-order valence-electron chi connectivity index (χ3n) is 4.93. The summed E-state index contributed by atoms with van der Waals surface area (Å²) in [7, 11) is -3.54. The van der Waals surface area contributed by atoms with E-state index in [1.165, 1.54) is 15.6 Å². The van der Waals surface area contributed by atoms with Crippen LogP contribution in [0.5, 0.6) is 0 Å². The summed E-state index contributed by atoms with van der Waals surface area (Å²) in [5.41, 5.74) is 5.74. The van der Waals surface area contributed by atoms with Crippen molar-refractivity contribution in [3.63, 3.8) is 0 Å². The van der Waals surface area contributed by atoms with Gasteiger partial charge in [-0.3, -0.25) is 0 Å². The van der Waals surface area contributed by atoms with Gasteiger partial charge in [-0.05, 0) is 43.6 Å². The minimum Gasteiger partial charge on any atom is -0.337 e. The lowest BCUT2D eigenvalue weighted by molar-refractivity contribution is 0.201. The molecular weight excluding hydrogens is 348 g/mol. The highest BCUT2D eigenvalue weighted by atomic mass is 32.2. The van der Waals surface area contributed by atoms with Gasteiger partial charge in [0.05, 0.1) is 5.54 Å². The molecule has 0 radical (unpaired) electrons. The standard InChI is InChI=1S/C15H20N4O3S2/c16-15(7-4-8-15)14-17-13(22-18-14)11-5-1-2-9-19(11)24(20,21)12-6-3-10-23-12/h3,6,10-11H,1-2,4-5,7-9,16H2. The predicted molar refractivity (Wildman–Crippen MR) is 88.8 cm³/mol. The zero-order valence-corrected chi connectivity index (χ0v) is 14.9. The van der Waals surface area contributed by atoms with Crippen molar-refractivity contribution in [2.24, 2.45) is 5.73 Å². The Kier molecular flexibility index (Phi) is 3.98. The van der Waals surface area contributed by atoms with Crippen LogP contribution >= 0.6 is 11.3 Å². The first-order valence-electron chi connectivity index (χ1n) is 8.19. The van der Waals surface area contributed by atoms with E-state index >= 15 is 0 Å². The van der Waals surface area contributed by atoms with E-state index in [1.54, 1.807) is 17.5 Å². The monoisotopic (exact) mass is 368 g/mol. The number of piperidine rings is 1. The van der Waals surface area contributed by atoms with Crippen LogP contribution in [0.15, 0.2) is 26.2 Å². The molecule has 2 fully saturated rings. The predicted octanol–water partition coefficient (Wildman–Crippen LogP) is 2.38. The molecular formula is C15H20N4O3S2. The lowest BCUT2D eigenvalue weighted by atomic mass is 9.77. The Bertz CT molecular complexity index is 812. The molecule has 2 aromatic heterocycles. The normalized spacial score (nSPS) is 24.6. The number of nitrogens with zero attached hydrogens (tertiary/aromatic N) is 3. The molecule has 0 bridgehead atoms. The Balaban J connectivity index is 1.65. The summed E-state index contributed by atoms with van der Waals surface area (Å²) in [6, 6.07) is 2.97. The van der Waals surface area contributed by atoms with Crippen molar-refractivity contribution in [3.8, 4) is 0 Å². The van der Waals surface area contributed by atoms with Crippen LogP contribution in [0.1, 0.15) is 56.3 Å². The third kappa shape index (κ3) is 2.59. The van der Waals surface area contributed by atoms with Crippen molar-refractivity contribution in [1.82, 2.24) is 14.4 Å². The van der Waals surface area contributed by atoms with Gasteiger partial charge in [0, 0.05) is 6.54 Å². The molecule has 2 aromatic rings. The molecule has 0 aromatic carbocycles. The van der Waals surface area contributed by atoms with E-state index in [0.29, 0.717) is 28.9 Å². The molecule has 1 atom stereocenters. The molecule has 1 saturated carbocycles. The quantitative estimate of drug-likeness (QED) is 0.889. The van der Waals surface area contributed by atoms with Crippen LogP contribution in [0.3, 0.4) is 0 Å². The fraction of sp³-hybridized carbons (Fsp3) is 0.600. The van der Waals surface area contributed by atoms with Gasteiger partial charge in [-0.15, -0.1) is 11.3 Å². The largest absolute Gasteiger partial charge is 0.337 e. The second-order valence-electron chi connectivity index (χ2n) is 6.53.